The van der Waals surface area contributed by atoms with Crippen molar-refractivity contribution in [3.8, 4) is 33.6 Å². The van der Waals surface area contributed by atoms with Crippen molar-refractivity contribution in [3.05, 3.63) is 95.7 Å². The van der Waals surface area contributed by atoms with Crippen molar-refractivity contribution in [1.82, 2.24) is 9.97 Å². The Balaban J connectivity index is 1.61. The third-order valence-electron chi connectivity index (χ3n) is 4.09. The zero-order valence-corrected chi connectivity index (χ0v) is 15.0. The van der Waals surface area contributed by atoms with Gasteiger partial charge in [-0.25, -0.2) is 0 Å². The second-order valence-corrected chi connectivity index (χ2v) is 6.56. The van der Waals surface area contributed by atoms with Gasteiger partial charge in [-0.3, -0.25) is 9.97 Å². The molecule has 2 aromatic carbocycles. The van der Waals surface area contributed by atoms with Crippen LogP contribution in [0.1, 0.15) is 0 Å². The number of pyridine rings is 2. The van der Waals surface area contributed by atoms with Crippen molar-refractivity contribution in [1.29, 1.82) is 0 Å². The summed E-state index contributed by atoms with van der Waals surface area (Å²) in [5, 5.41) is 0. The summed E-state index contributed by atoms with van der Waals surface area (Å²) in [7, 11) is 0. The summed E-state index contributed by atoms with van der Waals surface area (Å²) in [5.41, 5.74) is 6.40. The van der Waals surface area contributed by atoms with Crippen molar-refractivity contribution < 1.29 is 0 Å². The van der Waals surface area contributed by atoms with Crippen LogP contribution in [0.15, 0.2) is 95.7 Å². The number of rotatable bonds is 3. The van der Waals surface area contributed by atoms with Gasteiger partial charge in [0.25, 0.3) is 0 Å². The molecule has 0 aliphatic heterocycles. The Morgan fingerprint density at radius 2 is 1.28 bits per heavy atom. The summed E-state index contributed by atoms with van der Waals surface area (Å²) in [6.07, 6.45) is 3.73. The van der Waals surface area contributed by atoms with Crippen LogP contribution in [0.25, 0.3) is 33.6 Å². The van der Waals surface area contributed by atoms with Crippen molar-refractivity contribution in [2.75, 3.05) is 0 Å². The first-order valence-corrected chi connectivity index (χ1v) is 8.83. The van der Waals surface area contributed by atoms with Crippen molar-refractivity contribution in [2.45, 2.75) is 0 Å². The standard InChI is InChI=1S/C22H15BrN2/c23-20-6-2-1-5-19(20)22-13-12-18(15-25-22)16-8-10-17(11-9-16)21-7-3-4-14-24-21/h1-15H. The molecule has 3 heteroatoms. The summed E-state index contributed by atoms with van der Waals surface area (Å²) in [6.45, 7) is 0. The predicted molar refractivity (Wildman–Crippen MR) is 106 cm³/mol. The van der Waals surface area contributed by atoms with Gasteiger partial charge < -0.3 is 0 Å². The Labute approximate surface area is 155 Å². The van der Waals surface area contributed by atoms with Crippen LogP contribution in [0.3, 0.4) is 0 Å². The Morgan fingerprint density at radius 1 is 0.560 bits per heavy atom. The van der Waals surface area contributed by atoms with Gasteiger partial charge in [-0.15, -0.1) is 0 Å². The van der Waals surface area contributed by atoms with Crippen LogP contribution in [0.4, 0.5) is 0 Å². The van der Waals surface area contributed by atoms with Crippen molar-refractivity contribution in [3.63, 3.8) is 0 Å². The number of nitrogens with zero attached hydrogens (tertiary/aromatic N) is 2. The largest absolute Gasteiger partial charge is 0.256 e. The van der Waals surface area contributed by atoms with Crippen LogP contribution in [-0.4, -0.2) is 9.97 Å². The number of aromatic nitrogens is 2. The second kappa shape index (κ2) is 6.99. The smallest absolute Gasteiger partial charge is 0.0713 e. The first-order valence-electron chi connectivity index (χ1n) is 8.04. The summed E-state index contributed by atoms with van der Waals surface area (Å²) in [5.74, 6) is 0. The summed E-state index contributed by atoms with van der Waals surface area (Å²) >= 11 is 3.58. The van der Waals surface area contributed by atoms with Gasteiger partial charge in [0.2, 0.25) is 0 Å². The van der Waals surface area contributed by atoms with Gasteiger partial charge >= 0.3 is 0 Å². The highest BCUT2D eigenvalue weighted by molar-refractivity contribution is 9.10. The molecule has 2 aromatic heterocycles. The van der Waals surface area contributed by atoms with E-state index in [1.807, 2.05) is 48.8 Å². The van der Waals surface area contributed by atoms with Gasteiger partial charge in [0.1, 0.15) is 0 Å². The summed E-state index contributed by atoms with van der Waals surface area (Å²) < 4.78 is 1.05. The quantitative estimate of drug-likeness (QED) is 0.416. The highest BCUT2D eigenvalue weighted by atomic mass is 79.9. The SMILES string of the molecule is Brc1ccccc1-c1ccc(-c2ccc(-c3ccccn3)cc2)cn1. The van der Waals surface area contributed by atoms with Crippen LogP contribution in [0, 0.1) is 0 Å². The fourth-order valence-corrected chi connectivity index (χ4v) is 3.25. The van der Waals surface area contributed by atoms with Gasteiger partial charge in [0.15, 0.2) is 0 Å². The van der Waals surface area contributed by atoms with Crippen LogP contribution in [0.2, 0.25) is 0 Å². The molecular weight excluding hydrogens is 372 g/mol. The molecule has 0 unspecified atom stereocenters. The molecule has 2 heterocycles. The molecule has 0 radical (unpaired) electrons. The number of hydrogen-bond acceptors (Lipinski definition) is 2. The maximum Gasteiger partial charge on any atom is 0.0713 e. The molecule has 4 rings (SSSR count). The van der Waals surface area contributed by atoms with Crippen LogP contribution in [0.5, 0.6) is 0 Å². The molecule has 4 aromatic rings. The van der Waals surface area contributed by atoms with E-state index < -0.39 is 0 Å². The first kappa shape index (κ1) is 15.7. The predicted octanol–water partition coefficient (Wildman–Crippen LogP) is 6.24. The summed E-state index contributed by atoms with van der Waals surface area (Å²) in [6, 6.07) is 26.6. The maximum atomic E-state index is 4.62. The van der Waals surface area contributed by atoms with Crippen molar-refractivity contribution in [2.24, 2.45) is 0 Å². The minimum atomic E-state index is 0.960. The lowest BCUT2D eigenvalue weighted by atomic mass is 10.0. The van der Waals surface area contributed by atoms with E-state index in [0.717, 1.165) is 38.1 Å². The Bertz CT molecular complexity index is 978. The van der Waals surface area contributed by atoms with E-state index in [-0.39, 0.29) is 0 Å². The zero-order chi connectivity index (χ0) is 17.1. The van der Waals surface area contributed by atoms with E-state index >= 15 is 0 Å². The van der Waals surface area contributed by atoms with E-state index in [4.69, 9.17) is 0 Å². The molecule has 0 N–H and O–H groups in total. The average molecular weight is 387 g/mol. The molecule has 0 aliphatic carbocycles. The molecule has 0 fully saturated rings. The molecule has 2 nitrogen and oxygen atoms in total. The van der Waals surface area contributed by atoms with Crippen molar-refractivity contribution >= 4 is 15.9 Å². The van der Waals surface area contributed by atoms with Gasteiger partial charge in [-0.05, 0) is 29.8 Å². The van der Waals surface area contributed by atoms with E-state index in [1.165, 1.54) is 0 Å². The number of hydrogen-bond donors (Lipinski definition) is 0. The topological polar surface area (TPSA) is 25.8 Å². The fraction of sp³-hybridized carbons (Fsp3) is 0. The molecule has 120 valence electrons. The molecule has 0 amide bonds. The minimum Gasteiger partial charge on any atom is -0.256 e. The third kappa shape index (κ3) is 3.37. The average Bonchev–Trinajstić information content (AvgIpc) is 2.69. The minimum absolute atomic E-state index is 0.960. The Hall–Kier alpha value is -2.78. The van der Waals surface area contributed by atoms with E-state index in [0.29, 0.717) is 0 Å². The Kier molecular flexibility index (Phi) is 4.40. The van der Waals surface area contributed by atoms with E-state index in [2.05, 4.69) is 68.4 Å². The normalized spacial score (nSPS) is 10.6. The number of halogens is 1. The van der Waals surface area contributed by atoms with Gasteiger partial charge in [0, 0.05) is 33.6 Å². The van der Waals surface area contributed by atoms with Gasteiger partial charge in [0.05, 0.1) is 11.4 Å². The lowest BCUT2D eigenvalue weighted by Crippen LogP contribution is -1.87. The van der Waals surface area contributed by atoms with E-state index in [9.17, 15) is 0 Å². The molecule has 0 spiro atoms. The van der Waals surface area contributed by atoms with Crippen LogP contribution < -0.4 is 0 Å². The molecule has 0 bridgehead atoms. The highest BCUT2D eigenvalue weighted by Gasteiger charge is 2.05. The monoisotopic (exact) mass is 386 g/mol. The van der Waals surface area contributed by atoms with Gasteiger partial charge in [-0.2, -0.15) is 0 Å². The lowest BCUT2D eigenvalue weighted by molar-refractivity contribution is 1.31. The number of benzene rings is 2. The fourth-order valence-electron chi connectivity index (χ4n) is 2.76. The molecular formula is C22H15BrN2. The molecule has 0 saturated carbocycles. The van der Waals surface area contributed by atoms with Crippen LogP contribution in [-0.2, 0) is 0 Å². The molecule has 0 saturated heterocycles. The highest BCUT2D eigenvalue weighted by Crippen LogP contribution is 2.28. The lowest BCUT2D eigenvalue weighted by Gasteiger charge is -2.07. The summed E-state index contributed by atoms with van der Waals surface area (Å²) in [4.78, 5) is 9.01. The van der Waals surface area contributed by atoms with Crippen LogP contribution >= 0.6 is 15.9 Å². The molecule has 25 heavy (non-hydrogen) atoms. The van der Waals surface area contributed by atoms with Gasteiger partial charge in [-0.1, -0.05) is 70.5 Å². The molecule has 0 aliphatic rings. The Morgan fingerprint density at radius 3 is 1.96 bits per heavy atom. The first-order chi connectivity index (χ1) is 12.3. The second-order valence-electron chi connectivity index (χ2n) is 5.70. The van der Waals surface area contributed by atoms with E-state index in [1.54, 1.807) is 0 Å². The zero-order valence-electron chi connectivity index (χ0n) is 13.4. The molecule has 0 atom stereocenters. The maximum absolute atomic E-state index is 4.62. The third-order valence-corrected chi connectivity index (χ3v) is 4.78.